The van der Waals surface area contributed by atoms with E-state index in [0.717, 1.165) is 0 Å². The Kier molecular flexibility index (Phi) is 3.63. The molecule has 2 rings (SSSR count). The van der Waals surface area contributed by atoms with Gasteiger partial charge in [0.2, 0.25) is 0 Å². The molecule has 0 N–H and O–H groups in total. The molecule has 1 aliphatic heterocycles. The lowest BCUT2D eigenvalue weighted by molar-refractivity contribution is 0.365. The summed E-state index contributed by atoms with van der Waals surface area (Å²) in [6.45, 7) is 6.08. The molecule has 0 radical (unpaired) electrons. The van der Waals surface area contributed by atoms with E-state index in [1.165, 1.54) is 5.19 Å². The quantitative estimate of drug-likeness (QED) is 0.739. The monoisotopic (exact) mass is 232 g/mol. The van der Waals surface area contributed by atoms with E-state index in [1.807, 2.05) is 0 Å². The Morgan fingerprint density at radius 1 is 1.12 bits per heavy atom. The van der Waals surface area contributed by atoms with Crippen LogP contribution in [0.4, 0.5) is 0 Å². The molecular formula is C12H17BO2Si. The van der Waals surface area contributed by atoms with Crippen molar-refractivity contribution in [2.24, 2.45) is 0 Å². The molecule has 0 aromatic heterocycles. The minimum Gasteiger partial charge on any atom is -0.405 e. The zero-order valence-electron chi connectivity index (χ0n) is 9.85. The predicted molar refractivity (Wildman–Crippen MR) is 70.4 cm³/mol. The zero-order valence-corrected chi connectivity index (χ0v) is 10.8. The predicted octanol–water partition coefficient (Wildman–Crippen LogP) is 1.77. The van der Waals surface area contributed by atoms with Crippen molar-refractivity contribution < 1.29 is 9.31 Å². The number of benzene rings is 1. The lowest BCUT2D eigenvalue weighted by Crippen LogP contribution is -2.39. The first-order valence-corrected chi connectivity index (χ1v) is 8.74. The van der Waals surface area contributed by atoms with Crippen LogP contribution < -0.4 is 5.19 Å². The van der Waals surface area contributed by atoms with Gasteiger partial charge in [-0.25, -0.2) is 0 Å². The summed E-state index contributed by atoms with van der Waals surface area (Å²) in [5, 5.41) is 1.43. The summed E-state index contributed by atoms with van der Waals surface area (Å²) in [5.74, 6) is 2.06. The van der Waals surface area contributed by atoms with E-state index in [9.17, 15) is 0 Å². The van der Waals surface area contributed by atoms with Gasteiger partial charge in [-0.3, -0.25) is 0 Å². The molecule has 1 aromatic rings. The summed E-state index contributed by atoms with van der Waals surface area (Å²) in [6.07, 6.45) is 0. The molecule has 16 heavy (non-hydrogen) atoms. The largest absolute Gasteiger partial charge is 0.485 e. The van der Waals surface area contributed by atoms with Crippen molar-refractivity contribution in [3.8, 4) is 0 Å². The first kappa shape index (κ1) is 11.6. The molecule has 1 saturated heterocycles. The Hall–Kier alpha value is -0.838. The highest BCUT2D eigenvalue weighted by atomic mass is 28.3. The molecular weight excluding hydrogens is 215 g/mol. The average molecular weight is 232 g/mol. The third-order valence-corrected chi connectivity index (χ3v) is 5.68. The van der Waals surface area contributed by atoms with Crippen molar-refractivity contribution in [2.45, 2.75) is 13.1 Å². The molecule has 0 saturated carbocycles. The summed E-state index contributed by atoms with van der Waals surface area (Å²) < 4.78 is 10.8. The van der Waals surface area contributed by atoms with Crippen molar-refractivity contribution in [2.75, 3.05) is 13.2 Å². The van der Waals surface area contributed by atoms with E-state index < -0.39 is 8.07 Å². The Bertz CT molecular complexity index is 359. The summed E-state index contributed by atoms with van der Waals surface area (Å²) >= 11 is 0. The molecule has 1 aliphatic rings. The van der Waals surface area contributed by atoms with Gasteiger partial charge in [0, 0.05) is 0 Å². The minimum atomic E-state index is -1.49. The third-order valence-electron chi connectivity index (χ3n) is 2.84. The number of hydrogen-bond donors (Lipinski definition) is 0. The van der Waals surface area contributed by atoms with Crippen LogP contribution in [-0.4, -0.2) is 28.4 Å². The topological polar surface area (TPSA) is 18.5 Å². The molecule has 0 unspecified atom stereocenters. The lowest BCUT2D eigenvalue weighted by atomic mass is 9.92. The molecule has 1 heterocycles. The van der Waals surface area contributed by atoms with Gasteiger partial charge in [0.05, 0.1) is 13.2 Å². The highest BCUT2D eigenvalue weighted by molar-refractivity contribution is 6.94. The summed E-state index contributed by atoms with van der Waals surface area (Å²) in [6, 6.07) is 10.7. The van der Waals surface area contributed by atoms with E-state index in [2.05, 4.69) is 55.1 Å². The van der Waals surface area contributed by atoms with E-state index in [-0.39, 0.29) is 7.12 Å². The highest BCUT2D eigenvalue weighted by Gasteiger charge is 2.24. The maximum absolute atomic E-state index is 5.40. The van der Waals surface area contributed by atoms with Gasteiger partial charge < -0.3 is 9.31 Å². The van der Waals surface area contributed by atoms with E-state index in [0.29, 0.717) is 13.2 Å². The summed E-state index contributed by atoms with van der Waals surface area (Å²) in [7, 11) is -1.62. The lowest BCUT2D eigenvalue weighted by Gasteiger charge is -2.18. The molecule has 0 spiro atoms. The van der Waals surface area contributed by atoms with E-state index in [4.69, 9.17) is 9.31 Å². The van der Waals surface area contributed by atoms with Gasteiger partial charge in [-0.2, -0.15) is 0 Å². The van der Waals surface area contributed by atoms with Crippen LogP contribution in [0, 0.1) is 0 Å². The number of hydrogen-bond acceptors (Lipinski definition) is 2. The molecule has 0 atom stereocenters. The van der Waals surface area contributed by atoms with Crippen molar-refractivity contribution in [3.63, 3.8) is 0 Å². The first-order chi connectivity index (χ1) is 7.68. The van der Waals surface area contributed by atoms with Crippen molar-refractivity contribution >= 4 is 20.4 Å². The smallest absolute Gasteiger partial charge is 0.405 e. The van der Waals surface area contributed by atoms with Gasteiger partial charge >= 0.3 is 7.12 Å². The maximum atomic E-state index is 5.40. The van der Waals surface area contributed by atoms with Gasteiger partial charge in [-0.15, -0.1) is 0 Å². The molecule has 0 bridgehead atoms. The van der Waals surface area contributed by atoms with E-state index >= 15 is 0 Å². The Labute approximate surface area is 98.4 Å². The van der Waals surface area contributed by atoms with E-state index in [1.54, 1.807) is 0 Å². The normalized spacial score (nSPS) is 17.2. The molecule has 1 fully saturated rings. The average Bonchev–Trinajstić information content (AvgIpc) is 2.81. The zero-order chi connectivity index (χ0) is 11.4. The SMILES string of the molecule is C[Si](C)(/C=C/B1OCCO1)c1ccccc1. The molecule has 0 amide bonds. The number of rotatable bonds is 3. The third kappa shape index (κ3) is 2.84. The van der Waals surface area contributed by atoms with Crippen LogP contribution in [0.5, 0.6) is 0 Å². The van der Waals surface area contributed by atoms with Gasteiger partial charge in [0.25, 0.3) is 0 Å². The molecule has 0 aliphatic carbocycles. The van der Waals surface area contributed by atoms with Crippen LogP contribution in [0.1, 0.15) is 0 Å². The van der Waals surface area contributed by atoms with Gasteiger partial charge in [-0.1, -0.05) is 60.3 Å². The van der Waals surface area contributed by atoms with Crippen LogP contribution in [0.2, 0.25) is 13.1 Å². The van der Waals surface area contributed by atoms with Crippen LogP contribution in [0.25, 0.3) is 0 Å². The fraction of sp³-hybridized carbons (Fsp3) is 0.333. The van der Waals surface area contributed by atoms with Crippen LogP contribution >= 0.6 is 0 Å². The molecule has 84 valence electrons. The maximum Gasteiger partial charge on any atom is 0.485 e. The molecule has 4 heteroatoms. The first-order valence-electron chi connectivity index (χ1n) is 5.66. The van der Waals surface area contributed by atoms with Crippen molar-refractivity contribution in [1.82, 2.24) is 0 Å². The van der Waals surface area contributed by atoms with Crippen molar-refractivity contribution in [3.05, 3.63) is 42.0 Å². The second-order valence-corrected chi connectivity index (χ2v) is 8.91. The Morgan fingerprint density at radius 2 is 1.75 bits per heavy atom. The Balaban J connectivity index is 2.07. The van der Waals surface area contributed by atoms with Crippen LogP contribution in [-0.2, 0) is 9.31 Å². The highest BCUT2D eigenvalue weighted by Crippen LogP contribution is 2.08. The minimum absolute atomic E-state index is 0.129. The van der Waals surface area contributed by atoms with Gasteiger partial charge in [-0.05, 0) is 0 Å². The van der Waals surface area contributed by atoms with Crippen molar-refractivity contribution in [1.29, 1.82) is 0 Å². The standard InChI is InChI=1S/C12H17BO2Si/c1-16(2,12-6-4-3-5-7-12)11-8-13-14-9-10-15-13/h3-8,11H,9-10H2,1-2H3/b11-8+. The summed E-state index contributed by atoms with van der Waals surface area (Å²) in [4.78, 5) is 0. The Morgan fingerprint density at radius 3 is 2.38 bits per heavy atom. The molecule has 1 aromatic carbocycles. The van der Waals surface area contributed by atoms with Gasteiger partial charge in [0.1, 0.15) is 8.07 Å². The second kappa shape index (κ2) is 5.00. The fourth-order valence-electron chi connectivity index (χ4n) is 1.77. The van der Waals surface area contributed by atoms with Crippen LogP contribution in [0.15, 0.2) is 42.0 Å². The van der Waals surface area contributed by atoms with Gasteiger partial charge in [0.15, 0.2) is 0 Å². The summed E-state index contributed by atoms with van der Waals surface area (Å²) in [5.41, 5.74) is 2.29. The molecule has 2 nitrogen and oxygen atoms in total. The second-order valence-electron chi connectivity index (χ2n) is 4.56. The van der Waals surface area contributed by atoms with Crippen LogP contribution in [0.3, 0.4) is 0 Å². The fourth-order valence-corrected chi connectivity index (χ4v) is 3.65.